The Morgan fingerprint density at radius 2 is 1.29 bits per heavy atom. The lowest BCUT2D eigenvalue weighted by atomic mass is 9.71. The van der Waals surface area contributed by atoms with Gasteiger partial charge in [-0.15, -0.1) is 0 Å². The van der Waals surface area contributed by atoms with Gasteiger partial charge in [0.1, 0.15) is 0 Å². The van der Waals surface area contributed by atoms with Gasteiger partial charge < -0.3 is 0 Å². The molecule has 0 radical (unpaired) electrons. The van der Waals surface area contributed by atoms with Crippen molar-refractivity contribution < 1.29 is 26.3 Å². The highest BCUT2D eigenvalue weighted by molar-refractivity contribution is 5.48. The van der Waals surface area contributed by atoms with E-state index in [0.29, 0.717) is 18.2 Å². The molecule has 6 heteroatoms. The molecule has 0 heterocycles. The smallest absolute Gasteiger partial charge is 0.169 e. The molecule has 0 aromatic rings. The maximum absolute atomic E-state index is 13.8. The Labute approximate surface area is 137 Å². The van der Waals surface area contributed by atoms with Gasteiger partial charge in [0.15, 0.2) is 0 Å². The van der Waals surface area contributed by atoms with Crippen molar-refractivity contribution in [3.05, 3.63) is 85.6 Å². The first-order valence-electron chi connectivity index (χ1n) is 6.76. The first-order chi connectivity index (χ1) is 11.0. The summed E-state index contributed by atoms with van der Waals surface area (Å²) < 4.78 is 82.6. The average Bonchev–Trinajstić information content (AvgIpc) is 2.45. The summed E-state index contributed by atoms with van der Waals surface area (Å²) in [6.07, 6.45) is -3.28. The van der Waals surface area contributed by atoms with Gasteiger partial charge in [-0.2, -0.15) is 26.3 Å². The Balaban J connectivity index is 7.16. The van der Waals surface area contributed by atoms with Gasteiger partial charge in [-0.1, -0.05) is 74.4 Å². The number of hydrogen-bond donors (Lipinski definition) is 0. The number of allylic oxidation sites excluding steroid dienone is 11. The van der Waals surface area contributed by atoms with Gasteiger partial charge in [0.2, 0.25) is 5.41 Å². The SMILES string of the molecule is C=C/C=C\C(=C/C=C)C(/C(C=C)=C/C=C\C)(C(F)(F)F)C(F)(F)F. The van der Waals surface area contributed by atoms with Crippen LogP contribution in [0.25, 0.3) is 0 Å². The largest absolute Gasteiger partial charge is 0.411 e. The zero-order valence-corrected chi connectivity index (χ0v) is 13.1. The molecule has 0 aromatic heterocycles. The lowest BCUT2D eigenvalue weighted by molar-refractivity contribution is -0.308. The molecular weight excluding hydrogens is 330 g/mol. The minimum Gasteiger partial charge on any atom is -0.169 e. The van der Waals surface area contributed by atoms with Crippen LogP contribution in [0.5, 0.6) is 0 Å². The van der Waals surface area contributed by atoms with Crippen molar-refractivity contribution in [1.82, 2.24) is 0 Å². The molecule has 0 aliphatic rings. The Morgan fingerprint density at radius 1 is 0.750 bits per heavy atom. The second-order valence-electron chi connectivity index (χ2n) is 4.55. The van der Waals surface area contributed by atoms with E-state index in [1.165, 1.54) is 13.0 Å². The van der Waals surface area contributed by atoms with Crippen LogP contribution in [0.4, 0.5) is 26.3 Å². The lowest BCUT2D eigenvalue weighted by Gasteiger charge is -2.39. The number of rotatable bonds is 7. The van der Waals surface area contributed by atoms with Crippen LogP contribution < -0.4 is 0 Å². The minimum absolute atomic E-state index is 0.555. The molecule has 0 amide bonds. The zero-order valence-electron chi connectivity index (χ0n) is 13.1. The van der Waals surface area contributed by atoms with Crippen molar-refractivity contribution in [3.63, 3.8) is 0 Å². The third-order valence-electron chi connectivity index (χ3n) is 3.11. The highest BCUT2D eigenvalue weighted by atomic mass is 19.4. The molecule has 0 rings (SSSR count). The molecule has 0 aliphatic carbocycles. The van der Waals surface area contributed by atoms with E-state index in [0.717, 1.165) is 30.4 Å². The summed E-state index contributed by atoms with van der Waals surface area (Å²) in [7, 11) is 0. The van der Waals surface area contributed by atoms with Gasteiger partial charge in [-0.25, -0.2) is 0 Å². The van der Waals surface area contributed by atoms with Gasteiger partial charge in [-0.05, 0) is 18.1 Å². The molecule has 0 spiro atoms. The highest BCUT2D eigenvalue weighted by Gasteiger charge is 2.73. The Hall–Kier alpha value is -2.24. The van der Waals surface area contributed by atoms with Crippen LogP contribution in [0.1, 0.15) is 6.92 Å². The Bertz CT molecular complexity index is 566. The second-order valence-corrected chi connectivity index (χ2v) is 4.55. The van der Waals surface area contributed by atoms with Crippen molar-refractivity contribution in [2.24, 2.45) is 5.41 Å². The molecular formula is C18H18F6. The van der Waals surface area contributed by atoms with E-state index in [9.17, 15) is 26.3 Å². The fourth-order valence-corrected chi connectivity index (χ4v) is 2.13. The first-order valence-corrected chi connectivity index (χ1v) is 6.76. The lowest BCUT2D eigenvalue weighted by Crippen LogP contribution is -2.52. The normalized spacial score (nSPS) is 15.1. The number of halogens is 6. The van der Waals surface area contributed by atoms with E-state index in [1.807, 2.05) is 0 Å². The van der Waals surface area contributed by atoms with Crippen molar-refractivity contribution in [2.75, 3.05) is 0 Å². The predicted molar refractivity (Wildman–Crippen MR) is 85.3 cm³/mol. The van der Waals surface area contributed by atoms with Crippen molar-refractivity contribution in [2.45, 2.75) is 19.3 Å². The van der Waals surface area contributed by atoms with E-state index in [-0.39, 0.29) is 0 Å². The fourth-order valence-electron chi connectivity index (χ4n) is 2.13. The van der Waals surface area contributed by atoms with Gasteiger partial charge in [0.25, 0.3) is 0 Å². The van der Waals surface area contributed by atoms with Crippen LogP contribution >= 0.6 is 0 Å². The molecule has 0 nitrogen and oxygen atoms in total. The van der Waals surface area contributed by atoms with Crippen molar-refractivity contribution in [3.8, 4) is 0 Å². The molecule has 132 valence electrons. The Morgan fingerprint density at radius 3 is 1.62 bits per heavy atom. The maximum atomic E-state index is 13.8. The van der Waals surface area contributed by atoms with Crippen LogP contribution in [0, 0.1) is 5.41 Å². The van der Waals surface area contributed by atoms with Crippen LogP contribution in [0.15, 0.2) is 85.6 Å². The predicted octanol–water partition coefficient (Wildman–Crippen LogP) is 6.64. The number of hydrogen-bond acceptors (Lipinski definition) is 0. The summed E-state index contributed by atoms with van der Waals surface area (Å²) >= 11 is 0. The molecule has 0 unspecified atom stereocenters. The van der Waals surface area contributed by atoms with Crippen molar-refractivity contribution in [1.29, 1.82) is 0 Å². The molecule has 0 bridgehead atoms. The quantitative estimate of drug-likeness (QED) is 0.357. The van der Waals surface area contributed by atoms with Crippen molar-refractivity contribution >= 4 is 0 Å². The van der Waals surface area contributed by atoms with Crippen LogP contribution in [0.3, 0.4) is 0 Å². The van der Waals surface area contributed by atoms with E-state index in [1.54, 1.807) is 0 Å². The van der Waals surface area contributed by atoms with Gasteiger partial charge in [-0.3, -0.25) is 0 Å². The van der Waals surface area contributed by atoms with E-state index in [4.69, 9.17) is 0 Å². The van der Waals surface area contributed by atoms with Gasteiger partial charge in [0.05, 0.1) is 0 Å². The van der Waals surface area contributed by atoms with E-state index >= 15 is 0 Å². The second kappa shape index (κ2) is 8.57. The number of alkyl halides is 6. The summed E-state index contributed by atoms with van der Waals surface area (Å²) in [5.41, 5.74) is -6.31. The monoisotopic (exact) mass is 348 g/mol. The minimum atomic E-state index is -5.66. The molecule has 0 atom stereocenters. The molecule has 0 fully saturated rings. The van der Waals surface area contributed by atoms with E-state index < -0.39 is 28.9 Å². The van der Waals surface area contributed by atoms with Crippen LogP contribution in [0.2, 0.25) is 0 Å². The van der Waals surface area contributed by atoms with Crippen LogP contribution in [-0.2, 0) is 0 Å². The molecule has 24 heavy (non-hydrogen) atoms. The third-order valence-corrected chi connectivity index (χ3v) is 3.11. The molecule has 0 aromatic carbocycles. The fraction of sp³-hybridized carbons (Fsp3) is 0.222. The van der Waals surface area contributed by atoms with Crippen LogP contribution in [-0.4, -0.2) is 12.4 Å². The maximum Gasteiger partial charge on any atom is 0.411 e. The summed E-state index contributed by atoms with van der Waals surface area (Å²) in [6.45, 7) is 11.1. The summed E-state index contributed by atoms with van der Waals surface area (Å²) in [6, 6.07) is 0. The summed E-state index contributed by atoms with van der Waals surface area (Å²) in [5.74, 6) is 0. The topological polar surface area (TPSA) is 0 Å². The average molecular weight is 348 g/mol. The molecule has 0 saturated heterocycles. The van der Waals surface area contributed by atoms with E-state index in [2.05, 4.69) is 19.7 Å². The standard InChI is InChI=1S/C18H18F6/c1-5-9-12-14(8-4)16(17(19,20)21,18(22,23)24)15(11-7-3)13-10-6-2/h5-13H,2-4H2,1H3/b9-5-,13-10-,14-12+,15-11+. The van der Waals surface area contributed by atoms with Gasteiger partial charge in [0, 0.05) is 0 Å². The third kappa shape index (κ3) is 4.19. The highest BCUT2D eigenvalue weighted by Crippen LogP contribution is 2.60. The summed E-state index contributed by atoms with van der Waals surface area (Å²) in [4.78, 5) is 0. The summed E-state index contributed by atoms with van der Waals surface area (Å²) in [5, 5.41) is 0. The Kier molecular flexibility index (Phi) is 7.77. The molecule has 0 aliphatic heterocycles. The zero-order chi connectivity index (χ0) is 19.0. The molecule has 0 saturated carbocycles. The first kappa shape index (κ1) is 21.8. The van der Waals surface area contributed by atoms with Gasteiger partial charge >= 0.3 is 12.4 Å². The molecule has 0 N–H and O–H groups in total.